The third-order valence-electron chi connectivity index (χ3n) is 3.53. The van der Waals surface area contributed by atoms with Crippen LogP contribution in [0.5, 0.6) is 0 Å². The van der Waals surface area contributed by atoms with Crippen LogP contribution in [0.2, 0.25) is 0 Å². The molecule has 0 rings (SSSR count). The van der Waals surface area contributed by atoms with Gasteiger partial charge in [0, 0.05) is 6.54 Å². The summed E-state index contributed by atoms with van der Waals surface area (Å²) in [7, 11) is 5.34. The highest BCUT2D eigenvalue weighted by atomic mass is 16.5. The predicted octanol–water partition coefficient (Wildman–Crippen LogP) is 3.12. The molecule has 5 heteroatoms. The third kappa shape index (κ3) is 11.5. The van der Waals surface area contributed by atoms with E-state index in [1.807, 2.05) is 46.7 Å². The Bertz CT molecular complexity index is 314. The molecule has 0 radical (unpaired) electrons. The topological polar surface area (TPSA) is 55.8 Å². The average molecular weight is 317 g/mol. The zero-order valence-electron chi connectivity index (χ0n) is 15.7. The van der Waals surface area contributed by atoms with Crippen LogP contribution in [0.15, 0.2) is 0 Å². The molecule has 0 bridgehead atoms. The second kappa shape index (κ2) is 12.4. The Labute approximate surface area is 136 Å². The lowest BCUT2D eigenvalue weighted by atomic mass is 9.91. The van der Waals surface area contributed by atoms with Gasteiger partial charge in [0.15, 0.2) is 0 Å². The average Bonchev–Trinajstić information content (AvgIpc) is 2.46. The van der Waals surface area contributed by atoms with Gasteiger partial charge in [-0.3, -0.25) is 9.59 Å². The molecule has 5 nitrogen and oxygen atoms in total. The van der Waals surface area contributed by atoms with Crippen molar-refractivity contribution in [2.24, 2.45) is 11.3 Å². The Morgan fingerprint density at radius 3 is 2.05 bits per heavy atom. The summed E-state index contributed by atoms with van der Waals surface area (Å²) in [6, 6.07) is 0. The highest BCUT2D eigenvalue weighted by Crippen LogP contribution is 2.20. The smallest absolute Gasteiger partial charge is 0.311 e. The summed E-state index contributed by atoms with van der Waals surface area (Å²) >= 11 is 0. The molecule has 0 aromatic carbocycles. The van der Waals surface area contributed by atoms with Crippen molar-refractivity contribution < 1.29 is 19.1 Å². The van der Waals surface area contributed by atoms with E-state index in [0.717, 1.165) is 25.8 Å². The number of likely N-dealkylation sites (N-methyl/N-ethyl adjacent to an activating group) is 1. The van der Waals surface area contributed by atoms with Crippen LogP contribution in [0.4, 0.5) is 0 Å². The SMILES string of the molecule is CCC(C)(C)C(=O)OC.CCCC(C)C(=O)OCCN(C)C. The normalized spacial score (nSPS) is 12.2. The van der Waals surface area contributed by atoms with Crippen molar-refractivity contribution in [2.45, 2.75) is 53.9 Å². The van der Waals surface area contributed by atoms with Gasteiger partial charge in [0.2, 0.25) is 0 Å². The minimum atomic E-state index is -0.311. The first kappa shape index (κ1) is 23.2. The number of nitrogens with zero attached hydrogens (tertiary/aromatic N) is 1. The maximum Gasteiger partial charge on any atom is 0.311 e. The Kier molecular flexibility index (Phi) is 13.1. The zero-order valence-corrected chi connectivity index (χ0v) is 15.7. The molecule has 0 aliphatic carbocycles. The van der Waals surface area contributed by atoms with E-state index < -0.39 is 0 Å². The first-order valence-corrected chi connectivity index (χ1v) is 8.02. The molecule has 0 aromatic rings. The first-order valence-electron chi connectivity index (χ1n) is 8.02. The van der Waals surface area contributed by atoms with Gasteiger partial charge in [-0.1, -0.05) is 27.2 Å². The number of hydrogen-bond acceptors (Lipinski definition) is 5. The lowest BCUT2D eigenvalue weighted by Gasteiger charge is -2.17. The molecule has 0 N–H and O–H groups in total. The van der Waals surface area contributed by atoms with Gasteiger partial charge in [0.25, 0.3) is 0 Å². The number of methoxy groups -OCH3 is 1. The quantitative estimate of drug-likeness (QED) is 0.644. The van der Waals surface area contributed by atoms with Gasteiger partial charge in [0.05, 0.1) is 18.4 Å². The molecule has 22 heavy (non-hydrogen) atoms. The molecule has 0 saturated carbocycles. The van der Waals surface area contributed by atoms with Gasteiger partial charge in [-0.05, 0) is 40.8 Å². The molecule has 0 aliphatic heterocycles. The van der Waals surface area contributed by atoms with E-state index in [9.17, 15) is 9.59 Å². The fraction of sp³-hybridized carbons (Fsp3) is 0.882. The standard InChI is InChI=1S/C10H21NO2.C7H14O2/c1-5-6-9(2)10(12)13-8-7-11(3)4;1-5-7(2,3)6(8)9-4/h9H,5-8H2,1-4H3;5H2,1-4H3. The van der Waals surface area contributed by atoms with Crippen molar-refractivity contribution in [3.05, 3.63) is 0 Å². The molecule has 0 spiro atoms. The number of hydrogen-bond donors (Lipinski definition) is 0. The Morgan fingerprint density at radius 2 is 1.73 bits per heavy atom. The molecular formula is C17H35NO4. The van der Waals surface area contributed by atoms with Crippen molar-refractivity contribution in [1.29, 1.82) is 0 Å². The maximum absolute atomic E-state index is 11.3. The summed E-state index contributed by atoms with van der Waals surface area (Å²) in [5, 5.41) is 0. The number of carbonyl (C=O) groups is 2. The van der Waals surface area contributed by atoms with E-state index in [2.05, 4.69) is 11.7 Å². The Balaban J connectivity index is 0. The molecule has 0 amide bonds. The molecule has 0 aliphatic rings. The third-order valence-corrected chi connectivity index (χ3v) is 3.53. The summed E-state index contributed by atoms with van der Waals surface area (Å²) in [4.78, 5) is 24.1. The van der Waals surface area contributed by atoms with E-state index in [4.69, 9.17) is 4.74 Å². The van der Waals surface area contributed by atoms with Crippen LogP contribution in [-0.4, -0.2) is 51.2 Å². The van der Waals surface area contributed by atoms with E-state index in [1.54, 1.807) is 0 Å². The zero-order chi connectivity index (χ0) is 17.8. The van der Waals surface area contributed by atoms with Gasteiger partial charge < -0.3 is 14.4 Å². The maximum atomic E-state index is 11.3. The number of carbonyl (C=O) groups excluding carboxylic acids is 2. The molecule has 1 atom stereocenters. The fourth-order valence-electron chi connectivity index (χ4n) is 1.44. The van der Waals surface area contributed by atoms with E-state index >= 15 is 0 Å². The van der Waals surface area contributed by atoms with Gasteiger partial charge in [-0.2, -0.15) is 0 Å². The number of esters is 2. The summed E-state index contributed by atoms with van der Waals surface area (Å²) in [6.07, 6.45) is 2.77. The van der Waals surface area contributed by atoms with Gasteiger partial charge in [-0.15, -0.1) is 0 Å². The molecule has 0 heterocycles. The summed E-state index contributed by atoms with van der Waals surface area (Å²) in [5.74, 6) is -0.152. The van der Waals surface area contributed by atoms with Crippen LogP contribution in [0.25, 0.3) is 0 Å². The van der Waals surface area contributed by atoms with Gasteiger partial charge in [-0.25, -0.2) is 0 Å². The Morgan fingerprint density at radius 1 is 1.18 bits per heavy atom. The molecule has 1 unspecified atom stereocenters. The van der Waals surface area contributed by atoms with Crippen LogP contribution >= 0.6 is 0 Å². The van der Waals surface area contributed by atoms with Gasteiger partial charge in [0.1, 0.15) is 6.61 Å². The molecular weight excluding hydrogens is 282 g/mol. The van der Waals surface area contributed by atoms with Crippen LogP contribution in [0.1, 0.15) is 53.9 Å². The van der Waals surface area contributed by atoms with E-state index in [0.29, 0.717) is 6.61 Å². The van der Waals surface area contributed by atoms with E-state index in [-0.39, 0.29) is 23.3 Å². The second-order valence-electron chi connectivity index (χ2n) is 6.39. The van der Waals surface area contributed by atoms with Gasteiger partial charge >= 0.3 is 11.9 Å². The fourth-order valence-corrected chi connectivity index (χ4v) is 1.44. The Hall–Kier alpha value is -1.10. The largest absolute Gasteiger partial charge is 0.469 e. The molecule has 0 fully saturated rings. The first-order chi connectivity index (χ1) is 10.1. The number of ether oxygens (including phenoxy) is 2. The summed E-state index contributed by atoms with van der Waals surface area (Å²) < 4.78 is 9.65. The van der Waals surface area contributed by atoms with Crippen molar-refractivity contribution in [3.63, 3.8) is 0 Å². The summed E-state index contributed by atoms with van der Waals surface area (Å²) in [6.45, 7) is 11.0. The molecule has 132 valence electrons. The molecule has 0 saturated heterocycles. The van der Waals surface area contributed by atoms with Crippen LogP contribution < -0.4 is 0 Å². The highest BCUT2D eigenvalue weighted by Gasteiger charge is 2.25. The van der Waals surface area contributed by atoms with Crippen molar-refractivity contribution in [1.82, 2.24) is 4.90 Å². The van der Waals surface area contributed by atoms with Crippen molar-refractivity contribution >= 4 is 11.9 Å². The van der Waals surface area contributed by atoms with E-state index in [1.165, 1.54) is 7.11 Å². The minimum absolute atomic E-state index is 0.0483. The second-order valence-corrected chi connectivity index (χ2v) is 6.39. The predicted molar refractivity (Wildman–Crippen MR) is 89.7 cm³/mol. The van der Waals surface area contributed by atoms with Crippen LogP contribution in [-0.2, 0) is 19.1 Å². The summed E-state index contributed by atoms with van der Waals surface area (Å²) in [5.41, 5.74) is -0.311. The molecule has 0 aromatic heterocycles. The van der Waals surface area contributed by atoms with Crippen LogP contribution in [0.3, 0.4) is 0 Å². The number of rotatable bonds is 8. The lowest BCUT2D eigenvalue weighted by Crippen LogP contribution is -2.24. The minimum Gasteiger partial charge on any atom is -0.469 e. The van der Waals surface area contributed by atoms with Crippen LogP contribution in [0, 0.1) is 11.3 Å². The monoisotopic (exact) mass is 317 g/mol. The van der Waals surface area contributed by atoms with Crippen molar-refractivity contribution in [3.8, 4) is 0 Å². The van der Waals surface area contributed by atoms with Crippen molar-refractivity contribution in [2.75, 3.05) is 34.4 Å². The highest BCUT2D eigenvalue weighted by molar-refractivity contribution is 5.75. The lowest BCUT2D eigenvalue weighted by molar-refractivity contribution is -0.151.